The van der Waals surface area contributed by atoms with Crippen molar-refractivity contribution >= 4 is 0 Å². The summed E-state index contributed by atoms with van der Waals surface area (Å²) in [6.07, 6.45) is 2.71. The van der Waals surface area contributed by atoms with Crippen molar-refractivity contribution in [3.05, 3.63) is 0 Å². The fourth-order valence-electron chi connectivity index (χ4n) is 1.82. The van der Waals surface area contributed by atoms with E-state index >= 15 is 0 Å². The molecule has 0 aromatic heterocycles. The smallest absolute Gasteiger partial charge is 0.0139 e. The second-order valence-electron chi connectivity index (χ2n) is 3.80. The highest BCUT2D eigenvalue weighted by molar-refractivity contribution is 4.76. The van der Waals surface area contributed by atoms with E-state index in [0.717, 1.165) is 12.5 Å². The highest BCUT2D eigenvalue weighted by atomic mass is 15.2. The van der Waals surface area contributed by atoms with Crippen LogP contribution in [0.1, 0.15) is 26.7 Å². The van der Waals surface area contributed by atoms with Crippen molar-refractivity contribution < 1.29 is 0 Å². The minimum absolute atomic E-state index is 0.339. The Morgan fingerprint density at radius 2 is 2.36 bits per heavy atom. The topological polar surface area (TPSA) is 29.3 Å². The number of nitrogens with two attached hydrogens (primary N) is 1. The molecule has 0 aromatic carbocycles. The van der Waals surface area contributed by atoms with Crippen LogP contribution >= 0.6 is 0 Å². The van der Waals surface area contributed by atoms with Crippen LogP contribution in [0.15, 0.2) is 0 Å². The molecule has 2 heteroatoms. The van der Waals surface area contributed by atoms with Gasteiger partial charge in [-0.15, -0.1) is 0 Å². The number of likely N-dealkylation sites (tertiary alicyclic amines) is 1. The normalized spacial score (nSPS) is 29.2. The maximum Gasteiger partial charge on any atom is 0.0139 e. The molecule has 0 aliphatic carbocycles. The maximum atomic E-state index is 5.72. The van der Waals surface area contributed by atoms with Crippen LogP contribution in [-0.4, -0.2) is 30.6 Å². The predicted molar refractivity (Wildman–Crippen MR) is 48.5 cm³/mol. The summed E-state index contributed by atoms with van der Waals surface area (Å²) >= 11 is 0. The third kappa shape index (κ3) is 2.80. The first-order valence-electron chi connectivity index (χ1n) is 4.70. The SMILES string of the molecule is CCC1CCN(C[C@H](C)N)C1. The van der Waals surface area contributed by atoms with E-state index in [1.165, 1.54) is 25.9 Å². The maximum absolute atomic E-state index is 5.72. The predicted octanol–water partition coefficient (Wildman–Crippen LogP) is 1.07. The van der Waals surface area contributed by atoms with Gasteiger partial charge in [0.15, 0.2) is 0 Å². The molecular formula is C9H20N2. The van der Waals surface area contributed by atoms with Gasteiger partial charge in [0.2, 0.25) is 0 Å². The van der Waals surface area contributed by atoms with Gasteiger partial charge in [-0.1, -0.05) is 13.3 Å². The first-order valence-corrected chi connectivity index (χ1v) is 4.70. The molecule has 11 heavy (non-hydrogen) atoms. The van der Waals surface area contributed by atoms with Gasteiger partial charge in [0.25, 0.3) is 0 Å². The largest absolute Gasteiger partial charge is 0.327 e. The summed E-state index contributed by atoms with van der Waals surface area (Å²) in [5, 5.41) is 0. The molecule has 1 saturated heterocycles. The highest BCUT2D eigenvalue weighted by Crippen LogP contribution is 2.18. The van der Waals surface area contributed by atoms with Crippen molar-refractivity contribution in [2.24, 2.45) is 11.7 Å². The van der Waals surface area contributed by atoms with E-state index in [9.17, 15) is 0 Å². The van der Waals surface area contributed by atoms with Gasteiger partial charge in [-0.05, 0) is 25.8 Å². The average molecular weight is 156 g/mol. The second kappa shape index (κ2) is 4.07. The van der Waals surface area contributed by atoms with Crippen molar-refractivity contribution in [3.8, 4) is 0 Å². The van der Waals surface area contributed by atoms with Crippen molar-refractivity contribution in [3.63, 3.8) is 0 Å². The molecule has 66 valence electrons. The zero-order valence-electron chi connectivity index (χ0n) is 7.71. The molecule has 0 amide bonds. The first-order chi connectivity index (χ1) is 5.22. The Kier molecular flexibility index (Phi) is 3.34. The van der Waals surface area contributed by atoms with E-state index < -0.39 is 0 Å². The summed E-state index contributed by atoms with van der Waals surface area (Å²) in [5.74, 6) is 0.939. The van der Waals surface area contributed by atoms with Gasteiger partial charge < -0.3 is 10.6 Å². The fourth-order valence-corrected chi connectivity index (χ4v) is 1.82. The Bertz CT molecular complexity index is 112. The van der Waals surface area contributed by atoms with Crippen LogP contribution in [0.5, 0.6) is 0 Å². The molecule has 1 aliphatic rings. The van der Waals surface area contributed by atoms with Crippen LogP contribution in [0.25, 0.3) is 0 Å². The van der Waals surface area contributed by atoms with Crippen LogP contribution < -0.4 is 5.73 Å². The third-order valence-electron chi connectivity index (χ3n) is 2.49. The van der Waals surface area contributed by atoms with Crippen LogP contribution in [0.3, 0.4) is 0 Å². The van der Waals surface area contributed by atoms with Gasteiger partial charge in [-0.2, -0.15) is 0 Å². The van der Waals surface area contributed by atoms with Crippen molar-refractivity contribution in [2.75, 3.05) is 19.6 Å². The lowest BCUT2D eigenvalue weighted by molar-refractivity contribution is 0.307. The molecule has 2 N–H and O–H groups in total. The van der Waals surface area contributed by atoms with Crippen LogP contribution in [-0.2, 0) is 0 Å². The molecule has 2 nitrogen and oxygen atoms in total. The van der Waals surface area contributed by atoms with Gasteiger partial charge in [0.05, 0.1) is 0 Å². The quantitative estimate of drug-likeness (QED) is 0.662. The molecule has 2 atom stereocenters. The van der Waals surface area contributed by atoms with Gasteiger partial charge in [-0.3, -0.25) is 0 Å². The lowest BCUT2D eigenvalue weighted by Gasteiger charge is -2.17. The van der Waals surface area contributed by atoms with Crippen molar-refractivity contribution in [2.45, 2.75) is 32.7 Å². The van der Waals surface area contributed by atoms with Crippen molar-refractivity contribution in [1.82, 2.24) is 4.90 Å². The minimum Gasteiger partial charge on any atom is -0.327 e. The number of nitrogens with zero attached hydrogens (tertiary/aromatic N) is 1. The molecule has 0 spiro atoms. The van der Waals surface area contributed by atoms with E-state index in [4.69, 9.17) is 5.73 Å². The molecule has 1 rings (SSSR count). The molecular weight excluding hydrogens is 136 g/mol. The van der Waals surface area contributed by atoms with Crippen LogP contribution in [0, 0.1) is 5.92 Å². The van der Waals surface area contributed by atoms with E-state index in [1.807, 2.05) is 0 Å². The van der Waals surface area contributed by atoms with Gasteiger partial charge in [0.1, 0.15) is 0 Å². The Morgan fingerprint density at radius 1 is 1.64 bits per heavy atom. The van der Waals surface area contributed by atoms with Crippen LogP contribution in [0.2, 0.25) is 0 Å². The minimum atomic E-state index is 0.339. The number of hydrogen-bond donors (Lipinski definition) is 1. The number of rotatable bonds is 3. The van der Waals surface area contributed by atoms with E-state index in [0.29, 0.717) is 6.04 Å². The summed E-state index contributed by atoms with van der Waals surface area (Å²) in [6.45, 7) is 7.98. The molecule has 0 saturated carbocycles. The van der Waals surface area contributed by atoms with E-state index in [-0.39, 0.29) is 0 Å². The van der Waals surface area contributed by atoms with E-state index in [1.54, 1.807) is 0 Å². The summed E-state index contributed by atoms with van der Waals surface area (Å²) in [5.41, 5.74) is 5.72. The molecule has 1 unspecified atom stereocenters. The Balaban J connectivity index is 2.19. The third-order valence-corrected chi connectivity index (χ3v) is 2.49. The van der Waals surface area contributed by atoms with E-state index in [2.05, 4.69) is 18.7 Å². The summed E-state index contributed by atoms with van der Waals surface area (Å²) < 4.78 is 0. The lowest BCUT2D eigenvalue weighted by atomic mass is 10.1. The van der Waals surface area contributed by atoms with Crippen molar-refractivity contribution in [1.29, 1.82) is 0 Å². The Morgan fingerprint density at radius 3 is 2.82 bits per heavy atom. The van der Waals surface area contributed by atoms with Gasteiger partial charge in [0, 0.05) is 19.1 Å². The molecule has 1 heterocycles. The molecule has 1 fully saturated rings. The zero-order chi connectivity index (χ0) is 8.27. The zero-order valence-corrected chi connectivity index (χ0v) is 7.71. The van der Waals surface area contributed by atoms with Gasteiger partial charge in [-0.25, -0.2) is 0 Å². The summed E-state index contributed by atoms with van der Waals surface area (Å²) in [7, 11) is 0. The molecule has 1 aliphatic heterocycles. The highest BCUT2D eigenvalue weighted by Gasteiger charge is 2.20. The summed E-state index contributed by atoms with van der Waals surface area (Å²) in [4.78, 5) is 2.48. The second-order valence-corrected chi connectivity index (χ2v) is 3.80. The number of hydrogen-bond acceptors (Lipinski definition) is 2. The molecule has 0 radical (unpaired) electrons. The molecule has 0 aromatic rings. The van der Waals surface area contributed by atoms with Crippen LogP contribution in [0.4, 0.5) is 0 Å². The molecule has 0 bridgehead atoms. The average Bonchev–Trinajstić information content (AvgIpc) is 2.34. The standard InChI is InChI=1S/C9H20N2/c1-3-9-4-5-11(7-9)6-8(2)10/h8-9H,3-7,10H2,1-2H3/t8-,9?/m0/s1. The fraction of sp³-hybridized carbons (Fsp3) is 1.00. The monoisotopic (exact) mass is 156 g/mol. The van der Waals surface area contributed by atoms with Gasteiger partial charge >= 0.3 is 0 Å². The lowest BCUT2D eigenvalue weighted by Crippen LogP contribution is -2.34. The Labute approximate surface area is 69.8 Å². The first kappa shape index (κ1) is 9.01. The summed E-state index contributed by atoms with van der Waals surface area (Å²) in [6, 6.07) is 0.339. The Hall–Kier alpha value is -0.0800.